The van der Waals surface area contributed by atoms with E-state index in [2.05, 4.69) is 13.2 Å². The van der Waals surface area contributed by atoms with Crippen molar-refractivity contribution < 1.29 is 4.79 Å². The summed E-state index contributed by atoms with van der Waals surface area (Å²) in [7, 11) is 0. The number of ketones is 1. The number of hydrogen-bond donors (Lipinski definition) is 0. The van der Waals surface area contributed by atoms with Gasteiger partial charge in [0.2, 0.25) is 0 Å². The lowest BCUT2D eigenvalue weighted by atomic mass is 9.92. The lowest BCUT2D eigenvalue weighted by molar-refractivity contribution is 0.101. The van der Waals surface area contributed by atoms with E-state index in [0.717, 1.165) is 27.5 Å². The zero-order valence-corrected chi connectivity index (χ0v) is 9.86. The van der Waals surface area contributed by atoms with Gasteiger partial charge in [-0.3, -0.25) is 4.79 Å². The topological polar surface area (TPSA) is 17.1 Å². The summed E-state index contributed by atoms with van der Waals surface area (Å²) >= 11 is 0. The molecule has 0 aliphatic rings. The van der Waals surface area contributed by atoms with Crippen molar-refractivity contribution in [2.45, 2.75) is 6.92 Å². The summed E-state index contributed by atoms with van der Waals surface area (Å²) in [6.45, 7) is 9.16. The molecule has 0 saturated heterocycles. The van der Waals surface area contributed by atoms with Crippen LogP contribution < -0.4 is 0 Å². The van der Waals surface area contributed by atoms with Crippen molar-refractivity contribution in [2.75, 3.05) is 0 Å². The van der Waals surface area contributed by atoms with Gasteiger partial charge in [0.15, 0.2) is 5.78 Å². The second kappa shape index (κ2) is 4.38. The fourth-order valence-electron chi connectivity index (χ4n) is 2.15. The zero-order valence-electron chi connectivity index (χ0n) is 9.86. The summed E-state index contributed by atoms with van der Waals surface area (Å²) in [5.74, 6) is 0.0554. The van der Waals surface area contributed by atoms with E-state index in [1.54, 1.807) is 19.1 Å². The van der Waals surface area contributed by atoms with Crippen molar-refractivity contribution in [3.63, 3.8) is 0 Å². The van der Waals surface area contributed by atoms with Crippen LogP contribution in [0.4, 0.5) is 0 Å². The van der Waals surface area contributed by atoms with Gasteiger partial charge in [-0.1, -0.05) is 49.6 Å². The van der Waals surface area contributed by atoms with Crippen LogP contribution in [-0.4, -0.2) is 5.78 Å². The second-order valence-corrected chi connectivity index (χ2v) is 3.94. The number of hydrogen-bond acceptors (Lipinski definition) is 1. The Morgan fingerprint density at radius 3 is 2.47 bits per heavy atom. The zero-order chi connectivity index (χ0) is 12.4. The van der Waals surface area contributed by atoms with Crippen molar-refractivity contribution in [1.29, 1.82) is 0 Å². The molecule has 0 bridgehead atoms. The van der Waals surface area contributed by atoms with Crippen LogP contribution in [0.3, 0.4) is 0 Å². The number of carbonyl (C=O) groups excluding carboxylic acids is 1. The van der Waals surface area contributed by atoms with E-state index in [-0.39, 0.29) is 5.78 Å². The Bertz CT molecular complexity index is 621. The predicted molar refractivity (Wildman–Crippen MR) is 74.1 cm³/mol. The van der Waals surface area contributed by atoms with E-state index in [0.29, 0.717) is 0 Å². The highest BCUT2D eigenvalue weighted by Crippen LogP contribution is 2.28. The number of fused-ring (bicyclic) bond motifs is 1. The molecule has 1 nitrogen and oxygen atoms in total. The largest absolute Gasteiger partial charge is 0.294 e. The number of rotatable bonds is 3. The molecule has 1 heteroatoms. The molecule has 84 valence electrons. The normalized spacial score (nSPS) is 10.2. The molecule has 0 aromatic heterocycles. The van der Waals surface area contributed by atoms with Gasteiger partial charge in [-0.25, -0.2) is 0 Å². The molecule has 0 fully saturated rings. The minimum absolute atomic E-state index is 0.0554. The van der Waals surface area contributed by atoms with E-state index < -0.39 is 0 Å². The molecule has 0 saturated carbocycles. The van der Waals surface area contributed by atoms with Crippen LogP contribution in [0.15, 0.2) is 43.5 Å². The average molecular weight is 222 g/mol. The molecule has 0 spiro atoms. The Kier molecular flexibility index (Phi) is 2.92. The van der Waals surface area contributed by atoms with Crippen LogP contribution >= 0.6 is 0 Å². The average Bonchev–Trinajstić information content (AvgIpc) is 2.35. The third-order valence-electron chi connectivity index (χ3n) is 2.90. The summed E-state index contributed by atoms with van der Waals surface area (Å²) in [6, 6.07) is 9.90. The molecular formula is C16H14O. The van der Waals surface area contributed by atoms with Gasteiger partial charge in [0.25, 0.3) is 0 Å². The van der Waals surface area contributed by atoms with Gasteiger partial charge in [0.05, 0.1) is 0 Å². The lowest BCUT2D eigenvalue weighted by Crippen LogP contribution is -2.00. The molecule has 0 amide bonds. The summed E-state index contributed by atoms with van der Waals surface area (Å²) in [4.78, 5) is 11.8. The van der Waals surface area contributed by atoms with Crippen molar-refractivity contribution in [1.82, 2.24) is 0 Å². The van der Waals surface area contributed by atoms with E-state index in [1.807, 2.05) is 30.3 Å². The molecule has 2 aromatic carbocycles. The highest BCUT2D eigenvalue weighted by molar-refractivity contribution is 6.11. The monoisotopic (exact) mass is 222 g/mol. The van der Waals surface area contributed by atoms with Crippen LogP contribution in [0.5, 0.6) is 0 Å². The Hall–Kier alpha value is -2.15. The third kappa shape index (κ3) is 1.80. The molecule has 0 aliphatic heterocycles. The SMILES string of the molecule is C=Cc1cc2ccccc2c(C(C)=O)c1C=C. The highest BCUT2D eigenvalue weighted by atomic mass is 16.1. The van der Waals surface area contributed by atoms with Crippen molar-refractivity contribution >= 4 is 28.7 Å². The molecule has 2 rings (SSSR count). The fourth-order valence-corrected chi connectivity index (χ4v) is 2.15. The van der Waals surface area contributed by atoms with Gasteiger partial charge in [-0.15, -0.1) is 0 Å². The van der Waals surface area contributed by atoms with Gasteiger partial charge in [0, 0.05) is 5.56 Å². The molecule has 0 atom stereocenters. The standard InChI is InChI=1S/C16H14O/c1-4-12-10-13-8-6-7-9-15(13)16(11(3)17)14(12)5-2/h4-10H,1-2H2,3H3. The first kappa shape index (κ1) is 11.3. The van der Waals surface area contributed by atoms with Gasteiger partial charge in [-0.05, 0) is 34.9 Å². The Morgan fingerprint density at radius 2 is 1.88 bits per heavy atom. The maximum atomic E-state index is 11.8. The van der Waals surface area contributed by atoms with Crippen LogP contribution in [0.25, 0.3) is 22.9 Å². The van der Waals surface area contributed by atoms with E-state index in [9.17, 15) is 4.79 Å². The van der Waals surface area contributed by atoms with Crippen molar-refractivity contribution in [2.24, 2.45) is 0 Å². The minimum Gasteiger partial charge on any atom is -0.294 e. The van der Waals surface area contributed by atoms with Gasteiger partial charge in [0.1, 0.15) is 0 Å². The highest BCUT2D eigenvalue weighted by Gasteiger charge is 2.12. The summed E-state index contributed by atoms with van der Waals surface area (Å²) in [5.41, 5.74) is 2.54. The van der Waals surface area contributed by atoms with Crippen molar-refractivity contribution in [3.8, 4) is 0 Å². The Balaban J connectivity index is 3.01. The molecule has 17 heavy (non-hydrogen) atoms. The number of benzene rings is 2. The van der Waals surface area contributed by atoms with Crippen molar-refractivity contribution in [3.05, 3.63) is 60.2 Å². The Labute approximate surface area is 101 Å². The third-order valence-corrected chi connectivity index (χ3v) is 2.90. The van der Waals surface area contributed by atoms with E-state index in [1.165, 1.54) is 0 Å². The summed E-state index contributed by atoms with van der Waals surface area (Å²) in [6.07, 6.45) is 3.48. The maximum absolute atomic E-state index is 11.8. The van der Waals surface area contributed by atoms with Gasteiger partial charge >= 0.3 is 0 Å². The first-order chi connectivity index (χ1) is 8.19. The fraction of sp³-hybridized carbons (Fsp3) is 0.0625. The van der Waals surface area contributed by atoms with Crippen LogP contribution in [0.2, 0.25) is 0 Å². The second-order valence-electron chi connectivity index (χ2n) is 3.94. The maximum Gasteiger partial charge on any atom is 0.161 e. The predicted octanol–water partition coefficient (Wildman–Crippen LogP) is 4.33. The molecule has 0 radical (unpaired) electrons. The number of Topliss-reactive ketones (excluding diaryl/α,β-unsaturated/α-hetero) is 1. The van der Waals surface area contributed by atoms with E-state index in [4.69, 9.17) is 0 Å². The summed E-state index contributed by atoms with van der Waals surface area (Å²) < 4.78 is 0. The molecule has 0 heterocycles. The lowest BCUT2D eigenvalue weighted by Gasteiger charge is -2.11. The number of carbonyl (C=O) groups is 1. The smallest absolute Gasteiger partial charge is 0.161 e. The van der Waals surface area contributed by atoms with Crippen LogP contribution in [-0.2, 0) is 0 Å². The minimum atomic E-state index is 0.0554. The van der Waals surface area contributed by atoms with E-state index >= 15 is 0 Å². The Morgan fingerprint density at radius 1 is 1.18 bits per heavy atom. The quantitative estimate of drug-likeness (QED) is 0.706. The molecular weight excluding hydrogens is 208 g/mol. The van der Waals surface area contributed by atoms with Crippen LogP contribution in [0.1, 0.15) is 28.4 Å². The van der Waals surface area contributed by atoms with Crippen LogP contribution in [0, 0.1) is 0 Å². The molecule has 0 unspecified atom stereocenters. The molecule has 2 aromatic rings. The molecule has 0 N–H and O–H groups in total. The first-order valence-corrected chi connectivity index (χ1v) is 5.50. The van der Waals surface area contributed by atoms with Gasteiger partial charge < -0.3 is 0 Å². The first-order valence-electron chi connectivity index (χ1n) is 5.50. The summed E-state index contributed by atoms with van der Waals surface area (Å²) in [5, 5.41) is 2.03. The van der Waals surface area contributed by atoms with Gasteiger partial charge in [-0.2, -0.15) is 0 Å². The molecule has 0 aliphatic carbocycles.